The molecular formula is C22H30NO5P. The van der Waals surface area contributed by atoms with Crippen molar-refractivity contribution in [3.63, 3.8) is 0 Å². The lowest BCUT2D eigenvalue weighted by atomic mass is 10.0. The van der Waals surface area contributed by atoms with Gasteiger partial charge in [-0.1, -0.05) is 74.5 Å². The number of aliphatic carboxylic acids is 1. The van der Waals surface area contributed by atoms with E-state index in [0.29, 0.717) is 6.42 Å². The molecule has 0 amide bonds. The fraction of sp³-hybridized carbons (Fsp3) is 0.409. The van der Waals surface area contributed by atoms with Gasteiger partial charge in [0.05, 0.1) is 13.2 Å². The van der Waals surface area contributed by atoms with Crippen LogP contribution in [-0.4, -0.2) is 22.9 Å². The van der Waals surface area contributed by atoms with Gasteiger partial charge in [-0.2, -0.15) is 0 Å². The maximum absolute atomic E-state index is 13.6. The predicted octanol–water partition coefficient (Wildman–Crippen LogP) is 5.05. The highest BCUT2D eigenvalue weighted by Gasteiger charge is 2.36. The van der Waals surface area contributed by atoms with E-state index in [1.165, 1.54) is 0 Å². The summed E-state index contributed by atoms with van der Waals surface area (Å²) in [5, 5.41) is 12.5. The Labute approximate surface area is 172 Å². The third-order valence-corrected chi connectivity index (χ3v) is 6.51. The van der Waals surface area contributed by atoms with Gasteiger partial charge in [0.25, 0.3) is 0 Å². The Morgan fingerprint density at radius 1 is 0.931 bits per heavy atom. The Bertz CT molecular complexity index is 750. The van der Waals surface area contributed by atoms with Crippen LogP contribution in [0.3, 0.4) is 0 Å². The van der Waals surface area contributed by atoms with Gasteiger partial charge in [0.1, 0.15) is 11.8 Å². The van der Waals surface area contributed by atoms with E-state index in [1.54, 1.807) is 6.92 Å². The van der Waals surface area contributed by atoms with Crippen molar-refractivity contribution >= 4 is 13.6 Å². The number of rotatable bonds is 12. The molecule has 2 atom stereocenters. The second-order valence-electron chi connectivity index (χ2n) is 7.42. The van der Waals surface area contributed by atoms with Crippen LogP contribution >= 0.6 is 7.60 Å². The lowest BCUT2D eigenvalue weighted by molar-refractivity contribution is -0.140. The van der Waals surface area contributed by atoms with E-state index in [9.17, 15) is 14.5 Å². The van der Waals surface area contributed by atoms with Crippen LogP contribution in [0, 0.1) is 5.92 Å². The Morgan fingerprint density at radius 3 is 1.76 bits per heavy atom. The molecule has 7 heteroatoms. The predicted molar refractivity (Wildman–Crippen MR) is 114 cm³/mol. The van der Waals surface area contributed by atoms with E-state index in [0.717, 1.165) is 11.1 Å². The molecule has 158 valence electrons. The van der Waals surface area contributed by atoms with Crippen molar-refractivity contribution in [2.75, 3.05) is 0 Å². The molecule has 6 nitrogen and oxygen atoms in total. The molecule has 2 N–H and O–H groups in total. The minimum atomic E-state index is -3.65. The molecule has 0 radical (unpaired) electrons. The first-order valence-corrected chi connectivity index (χ1v) is 11.4. The van der Waals surface area contributed by atoms with E-state index in [-0.39, 0.29) is 19.1 Å². The van der Waals surface area contributed by atoms with Crippen molar-refractivity contribution in [2.24, 2.45) is 5.92 Å². The molecule has 0 bridgehead atoms. The van der Waals surface area contributed by atoms with Gasteiger partial charge in [0.2, 0.25) is 0 Å². The van der Waals surface area contributed by atoms with Crippen LogP contribution in [0.25, 0.3) is 0 Å². The van der Waals surface area contributed by atoms with Crippen LogP contribution < -0.4 is 5.32 Å². The highest BCUT2D eigenvalue weighted by Crippen LogP contribution is 2.53. The quantitative estimate of drug-likeness (QED) is 0.469. The third-order valence-electron chi connectivity index (χ3n) is 4.43. The maximum Gasteiger partial charge on any atom is 0.347 e. The second kappa shape index (κ2) is 11.3. The van der Waals surface area contributed by atoms with Gasteiger partial charge in [-0.05, 0) is 30.4 Å². The summed E-state index contributed by atoms with van der Waals surface area (Å²) in [6.45, 7) is 5.76. The number of benzene rings is 2. The smallest absolute Gasteiger partial charge is 0.347 e. The molecule has 2 aromatic carbocycles. The summed E-state index contributed by atoms with van der Waals surface area (Å²) in [5.41, 5.74) is 1.72. The first kappa shape index (κ1) is 23.3. The standard InChI is InChI=1S/C22H30NO5P/c1-17(2)14-21(22(24)25)23-18(3)29(26,27-15-19-10-6-4-7-11-19)28-16-20-12-8-5-9-13-20/h4-13,17-18,21,23H,14-16H2,1-3H3,(H,24,25)/t18-,21?/m1/s1. The Balaban J connectivity index is 2.14. The number of hydrogen-bond acceptors (Lipinski definition) is 5. The minimum absolute atomic E-state index is 0.112. The van der Waals surface area contributed by atoms with Gasteiger partial charge in [-0.25, -0.2) is 0 Å². The number of carbonyl (C=O) groups is 1. The highest BCUT2D eigenvalue weighted by atomic mass is 31.2. The molecule has 0 aliphatic carbocycles. The SMILES string of the molecule is CC(C)CC(N[C@@H](C)P(=O)(OCc1ccccc1)OCc1ccccc1)C(=O)O. The zero-order valence-electron chi connectivity index (χ0n) is 17.2. The summed E-state index contributed by atoms with van der Waals surface area (Å²) < 4.78 is 25.1. The molecule has 0 heterocycles. The summed E-state index contributed by atoms with van der Waals surface area (Å²) in [6, 6.07) is 17.9. The Hall–Kier alpha value is -1.98. The zero-order chi connectivity index (χ0) is 21.3. The van der Waals surface area contributed by atoms with Crippen LogP contribution in [0.1, 0.15) is 38.3 Å². The summed E-state index contributed by atoms with van der Waals surface area (Å²) in [6.07, 6.45) is 0.414. The molecule has 0 saturated heterocycles. The lowest BCUT2D eigenvalue weighted by Gasteiger charge is -2.28. The van der Waals surface area contributed by atoms with E-state index in [2.05, 4.69) is 5.32 Å². The van der Waals surface area contributed by atoms with Crippen LogP contribution in [0.4, 0.5) is 0 Å². The summed E-state index contributed by atoms with van der Waals surface area (Å²) >= 11 is 0. The molecular weight excluding hydrogens is 389 g/mol. The maximum atomic E-state index is 13.6. The Kier molecular flexibility index (Phi) is 9.05. The minimum Gasteiger partial charge on any atom is -0.480 e. The fourth-order valence-electron chi connectivity index (χ4n) is 2.83. The Morgan fingerprint density at radius 2 is 1.38 bits per heavy atom. The number of carboxylic acid groups (broad SMARTS) is 1. The second-order valence-corrected chi connectivity index (χ2v) is 9.79. The van der Waals surface area contributed by atoms with Crippen molar-refractivity contribution in [3.05, 3.63) is 71.8 Å². The molecule has 2 aromatic rings. The molecule has 0 fully saturated rings. The van der Waals surface area contributed by atoms with Crippen LogP contribution in [0.15, 0.2) is 60.7 Å². The zero-order valence-corrected chi connectivity index (χ0v) is 18.0. The molecule has 1 unspecified atom stereocenters. The van der Waals surface area contributed by atoms with Crippen molar-refractivity contribution < 1.29 is 23.5 Å². The van der Waals surface area contributed by atoms with Gasteiger partial charge >= 0.3 is 13.6 Å². The fourth-order valence-corrected chi connectivity index (χ4v) is 4.37. The highest BCUT2D eigenvalue weighted by molar-refractivity contribution is 7.54. The van der Waals surface area contributed by atoms with Crippen molar-refractivity contribution in [1.82, 2.24) is 5.32 Å². The van der Waals surface area contributed by atoms with Crippen LogP contribution in [0.5, 0.6) is 0 Å². The first-order valence-electron chi connectivity index (χ1n) is 9.75. The van der Waals surface area contributed by atoms with Crippen LogP contribution in [-0.2, 0) is 31.6 Å². The molecule has 29 heavy (non-hydrogen) atoms. The normalized spacial score (nSPS) is 13.9. The summed E-state index contributed by atoms with van der Waals surface area (Å²) in [7, 11) is -3.65. The monoisotopic (exact) mass is 419 g/mol. The van der Waals surface area contributed by atoms with Crippen molar-refractivity contribution in [1.29, 1.82) is 0 Å². The first-order chi connectivity index (χ1) is 13.8. The van der Waals surface area contributed by atoms with Gasteiger partial charge < -0.3 is 14.2 Å². The van der Waals surface area contributed by atoms with Crippen LogP contribution in [0.2, 0.25) is 0 Å². The third kappa shape index (κ3) is 7.75. The number of hydrogen-bond donors (Lipinski definition) is 2. The summed E-state index contributed by atoms with van der Waals surface area (Å²) in [5.74, 6) is -1.59. The largest absolute Gasteiger partial charge is 0.480 e. The molecule has 0 aliphatic rings. The topological polar surface area (TPSA) is 84.9 Å². The van der Waals surface area contributed by atoms with E-state index < -0.39 is 25.4 Å². The average Bonchev–Trinajstić information content (AvgIpc) is 2.71. The number of nitrogens with one attached hydrogen (secondary N) is 1. The summed E-state index contributed by atoms with van der Waals surface area (Å²) in [4.78, 5) is 11.6. The lowest BCUT2D eigenvalue weighted by Crippen LogP contribution is -2.43. The van der Waals surface area contributed by atoms with Gasteiger partial charge in [0, 0.05) is 0 Å². The van der Waals surface area contributed by atoms with Gasteiger partial charge in [-0.3, -0.25) is 14.7 Å². The van der Waals surface area contributed by atoms with E-state index in [4.69, 9.17) is 9.05 Å². The van der Waals surface area contributed by atoms with Gasteiger partial charge in [-0.15, -0.1) is 0 Å². The molecule has 0 saturated carbocycles. The molecule has 2 rings (SSSR count). The van der Waals surface area contributed by atoms with Crippen molar-refractivity contribution in [2.45, 2.75) is 52.2 Å². The average molecular weight is 419 g/mol. The van der Waals surface area contributed by atoms with E-state index in [1.807, 2.05) is 74.5 Å². The van der Waals surface area contributed by atoms with Gasteiger partial charge in [0.15, 0.2) is 0 Å². The number of carboxylic acids is 1. The molecule has 0 aromatic heterocycles. The molecule has 0 spiro atoms. The van der Waals surface area contributed by atoms with Crippen molar-refractivity contribution in [3.8, 4) is 0 Å². The van der Waals surface area contributed by atoms with E-state index >= 15 is 0 Å². The molecule has 0 aliphatic heterocycles.